The van der Waals surface area contributed by atoms with E-state index in [9.17, 15) is 14.7 Å². The SMILES string of the molecule is CCOC(=O)CC(O)CCC(=O)OC. The van der Waals surface area contributed by atoms with Crippen LogP contribution < -0.4 is 0 Å². The van der Waals surface area contributed by atoms with Crippen LogP contribution in [0.3, 0.4) is 0 Å². The van der Waals surface area contributed by atoms with Gasteiger partial charge < -0.3 is 14.6 Å². The lowest BCUT2D eigenvalue weighted by molar-refractivity contribution is -0.147. The van der Waals surface area contributed by atoms with Gasteiger partial charge in [-0.15, -0.1) is 0 Å². The van der Waals surface area contributed by atoms with Gasteiger partial charge in [0.2, 0.25) is 0 Å². The fourth-order valence-electron chi connectivity index (χ4n) is 0.901. The van der Waals surface area contributed by atoms with Crippen molar-refractivity contribution < 1.29 is 24.2 Å². The summed E-state index contributed by atoms with van der Waals surface area (Å²) in [6.07, 6.45) is -0.596. The first-order chi connectivity index (χ1) is 6.60. The van der Waals surface area contributed by atoms with Crippen LogP contribution in [0, 0.1) is 0 Å². The molecule has 0 aromatic rings. The van der Waals surface area contributed by atoms with Gasteiger partial charge in [0.05, 0.1) is 26.2 Å². The van der Waals surface area contributed by atoms with E-state index in [4.69, 9.17) is 0 Å². The minimum Gasteiger partial charge on any atom is -0.469 e. The van der Waals surface area contributed by atoms with Gasteiger partial charge in [-0.05, 0) is 13.3 Å². The zero-order chi connectivity index (χ0) is 11.0. The van der Waals surface area contributed by atoms with Gasteiger partial charge in [-0.3, -0.25) is 9.59 Å². The molecular weight excluding hydrogens is 188 g/mol. The van der Waals surface area contributed by atoms with Crippen molar-refractivity contribution in [3.8, 4) is 0 Å². The highest BCUT2D eigenvalue weighted by Gasteiger charge is 2.13. The van der Waals surface area contributed by atoms with Crippen LogP contribution in [0.25, 0.3) is 0 Å². The molecule has 5 heteroatoms. The van der Waals surface area contributed by atoms with E-state index in [-0.39, 0.29) is 19.3 Å². The predicted molar refractivity (Wildman–Crippen MR) is 48.5 cm³/mol. The lowest BCUT2D eigenvalue weighted by Gasteiger charge is -2.08. The van der Waals surface area contributed by atoms with Crippen LogP contribution in [0.4, 0.5) is 0 Å². The molecule has 0 rings (SSSR count). The van der Waals surface area contributed by atoms with E-state index in [1.165, 1.54) is 7.11 Å². The van der Waals surface area contributed by atoms with Crippen LogP contribution in [-0.4, -0.2) is 36.9 Å². The largest absolute Gasteiger partial charge is 0.469 e. The van der Waals surface area contributed by atoms with Crippen LogP contribution >= 0.6 is 0 Å². The molecule has 0 saturated heterocycles. The second-order valence-electron chi connectivity index (χ2n) is 2.78. The first kappa shape index (κ1) is 12.9. The molecule has 0 spiro atoms. The molecule has 5 nitrogen and oxygen atoms in total. The Morgan fingerprint density at radius 1 is 1.36 bits per heavy atom. The average Bonchev–Trinajstić information content (AvgIpc) is 2.14. The molecule has 0 saturated carbocycles. The van der Waals surface area contributed by atoms with E-state index in [2.05, 4.69) is 9.47 Å². The Bertz CT molecular complexity index is 190. The summed E-state index contributed by atoms with van der Waals surface area (Å²) in [5.41, 5.74) is 0. The van der Waals surface area contributed by atoms with Gasteiger partial charge in [0.15, 0.2) is 0 Å². The van der Waals surface area contributed by atoms with Gasteiger partial charge in [0.25, 0.3) is 0 Å². The molecule has 0 aliphatic heterocycles. The van der Waals surface area contributed by atoms with Crippen molar-refractivity contribution in [3.63, 3.8) is 0 Å². The summed E-state index contributed by atoms with van der Waals surface area (Å²) in [5, 5.41) is 9.28. The Hall–Kier alpha value is -1.10. The molecule has 1 atom stereocenters. The van der Waals surface area contributed by atoms with E-state index in [1.54, 1.807) is 6.92 Å². The minimum absolute atomic E-state index is 0.0785. The Morgan fingerprint density at radius 3 is 2.50 bits per heavy atom. The van der Waals surface area contributed by atoms with Crippen LogP contribution in [0.15, 0.2) is 0 Å². The van der Waals surface area contributed by atoms with Crippen LogP contribution in [0.5, 0.6) is 0 Å². The van der Waals surface area contributed by atoms with E-state index < -0.39 is 18.0 Å². The minimum atomic E-state index is -0.840. The van der Waals surface area contributed by atoms with Gasteiger partial charge in [-0.1, -0.05) is 0 Å². The summed E-state index contributed by atoms with van der Waals surface area (Å²) in [5.74, 6) is -0.849. The first-order valence-electron chi connectivity index (χ1n) is 4.50. The third-order valence-corrected chi connectivity index (χ3v) is 1.62. The fourth-order valence-corrected chi connectivity index (χ4v) is 0.901. The number of methoxy groups -OCH3 is 1. The fraction of sp³-hybridized carbons (Fsp3) is 0.778. The van der Waals surface area contributed by atoms with Gasteiger partial charge in [0, 0.05) is 6.42 Å². The summed E-state index contributed by atoms with van der Waals surface area (Å²) >= 11 is 0. The average molecular weight is 204 g/mol. The molecule has 0 radical (unpaired) electrons. The van der Waals surface area contributed by atoms with Gasteiger partial charge in [-0.2, -0.15) is 0 Å². The number of carbonyl (C=O) groups is 2. The maximum absolute atomic E-state index is 10.9. The molecule has 0 amide bonds. The topological polar surface area (TPSA) is 72.8 Å². The Balaban J connectivity index is 3.59. The number of hydrogen-bond acceptors (Lipinski definition) is 5. The Morgan fingerprint density at radius 2 is 2.00 bits per heavy atom. The van der Waals surface area contributed by atoms with Crippen molar-refractivity contribution in [3.05, 3.63) is 0 Å². The highest BCUT2D eigenvalue weighted by atomic mass is 16.5. The number of esters is 2. The van der Waals surface area contributed by atoms with Crippen LogP contribution in [-0.2, 0) is 19.1 Å². The summed E-state index contributed by atoms with van der Waals surface area (Å²) in [4.78, 5) is 21.5. The lowest BCUT2D eigenvalue weighted by atomic mass is 10.1. The number of carbonyl (C=O) groups excluding carboxylic acids is 2. The molecule has 14 heavy (non-hydrogen) atoms. The highest BCUT2D eigenvalue weighted by Crippen LogP contribution is 2.03. The molecule has 82 valence electrons. The van der Waals surface area contributed by atoms with Crippen molar-refractivity contribution in [2.45, 2.75) is 32.3 Å². The number of rotatable bonds is 6. The number of ether oxygens (including phenoxy) is 2. The normalized spacial score (nSPS) is 11.9. The maximum atomic E-state index is 10.9. The second-order valence-corrected chi connectivity index (χ2v) is 2.78. The zero-order valence-corrected chi connectivity index (χ0v) is 8.49. The van der Waals surface area contributed by atoms with Crippen molar-refractivity contribution >= 4 is 11.9 Å². The molecule has 0 aromatic heterocycles. The Labute approximate surface area is 83.0 Å². The Kier molecular flexibility index (Phi) is 6.74. The predicted octanol–water partition coefficient (Wildman–Crippen LogP) is 0.254. The smallest absolute Gasteiger partial charge is 0.308 e. The van der Waals surface area contributed by atoms with Crippen molar-refractivity contribution in [2.75, 3.05) is 13.7 Å². The lowest BCUT2D eigenvalue weighted by Crippen LogP contribution is -2.17. The molecule has 0 bridgehead atoms. The summed E-state index contributed by atoms with van der Waals surface area (Å²) in [6, 6.07) is 0. The van der Waals surface area contributed by atoms with Crippen molar-refractivity contribution in [1.29, 1.82) is 0 Å². The zero-order valence-electron chi connectivity index (χ0n) is 8.49. The van der Waals surface area contributed by atoms with Gasteiger partial charge in [-0.25, -0.2) is 0 Å². The molecular formula is C9H16O5. The molecule has 0 heterocycles. The van der Waals surface area contributed by atoms with E-state index in [0.29, 0.717) is 6.61 Å². The highest BCUT2D eigenvalue weighted by molar-refractivity contribution is 5.71. The number of aliphatic hydroxyl groups is 1. The molecule has 0 aliphatic carbocycles. The van der Waals surface area contributed by atoms with Gasteiger partial charge >= 0.3 is 11.9 Å². The molecule has 0 fully saturated rings. The standard InChI is InChI=1S/C9H16O5/c1-3-14-9(12)6-7(10)4-5-8(11)13-2/h7,10H,3-6H2,1-2H3. The van der Waals surface area contributed by atoms with Crippen LogP contribution in [0.2, 0.25) is 0 Å². The monoisotopic (exact) mass is 204 g/mol. The number of hydrogen-bond donors (Lipinski definition) is 1. The van der Waals surface area contributed by atoms with E-state index in [0.717, 1.165) is 0 Å². The quantitative estimate of drug-likeness (QED) is 0.628. The molecule has 1 N–H and O–H groups in total. The summed E-state index contributed by atoms with van der Waals surface area (Å²) in [7, 11) is 1.28. The van der Waals surface area contributed by atoms with Gasteiger partial charge in [0.1, 0.15) is 0 Å². The van der Waals surface area contributed by atoms with Crippen molar-refractivity contribution in [2.24, 2.45) is 0 Å². The second kappa shape index (κ2) is 7.32. The van der Waals surface area contributed by atoms with Crippen LogP contribution in [0.1, 0.15) is 26.2 Å². The van der Waals surface area contributed by atoms with E-state index in [1.807, 2.05) is 0 Å². The summed E-state index contributed by atoms with van der Waals surface area (Å²) in [6.45, 7) is 1.99. The maximum Gasteiger partial charge on any atom is 0.308 e. The molecule has 0 aliphatic rings. The molecule has 0 aromatic carbocycles. The molecule has 1 unspecified atom stereocenters. The number of aliphatic hydroxyl groups excluding tert-OH is 1. The third kappa shape index (κ3) is 6.42. The van der Waals surface area contributed by atoms with E-state index >= 15 is 0 Å². The third-order valence-electron chi connectivity index (χ3n) is 1.62. The van der Waals surface area contributed by atoms with Crippen molar-refractivity contribution in [1.82, 2.24) is 0 Å². The summed E-state index contributed by atoms with van der Waals surface area (Å²) < 4.78 is 9.02. The first-order valence-corrected chi connectivity index (χ1v) is 4.50.